The maximum absolute atomic E-state index is 11.7. The largest absolute Gasteiger partial charge is 0.399 e. The van der Waals surface area contributed by atoms with Crippen molar-refractivity contribution in [2.24, 2.45) is 0 Å². The van der Waals surface area contributed by atoms with Crippen LogP contribution in [-0.4, -0.2) is 22.6 Å². The van der Waals surface area contributed by atoms with Gasteiger partial charge in [0.25, 0.3) is 0 Å². The molecule has 0 fully saturated rings. The van der Waals surface area contributed by atoms with Gasteiger partial charge >= 0.3 is 0 Å². The molecule has 2 N–H and O–H groups in total. The second-order valence-electron chi connectivity index (χ2n) is 2.75. The average molecular weight is 263 g/mol. The van der Waals surface area contributed by atoms with Gasteiger partial charge in [0, 0.05) is 10.2 Å². The second-order valence-corrected chi connectivity index (χ2v) is 5.27. The minimum Gasteiger partial charge on any atom is -0.399 e. The molecule has 0 heterocycles. The van der Waals surface area contributed by atoms with E-state index in [4.69, 9.17) is 5.73 Å². The highest BCUT2D eigenvalue weighted by Crippen LogP contribution is 2.23. The van der Waals surface area contributed by atoms with Crippen molar-refractivity contribution in [1.82, 2.24) is 4.31 Å². The number of rotatable bonds is 2. The van der Waals surface area contributed by atoms with Gasteiger partial charge in [0.15, 0.2) is 0 Å². The fraction of sp³-hybridized carbons (Fsp3) is 0.250. The van der Waals surface area contributed by atoms with E-state index < -0.39 is 11.0 Å². The zero-order chi connectivity index (χ0) is 10.0. The molecular weight excluding hydrogens is 252 g/mol. The Hall–Kier alpha value is -0.390. The van der Waals surface area contributed by atoms with Crippen LogP contribution in [0.2, 0.25) is 0 Å². The molecule has 0 saturated carbocycles. The molecule has 3 nitrogen and oxygen atoms in total. The molecule has 1 unspecified atom stereocenters. The van der Waals surface area contributed by atoms with Crippen LogP contribution in [0.4, 0.5) is 5.69 Å². The number of nitrogens with zero attached hydrogens (tertiary/aromatic N) is 1. The number of nitrogens with two attached hydrogens (primary N) is 1. The molecule has 0 bridgehead atoms. The lowest BCUT2D eigenvalue weighted by atomic mass is 10.3. The lowest BCUT2D eigenvalue weighted by Crippen LogP contribution is -2.15. The van der Waals surface area contributed by atoms with Crippen LogP contribution in [0.5, 0.6) is 0 Å². The van der Waals surface area contributed by atoms with Crippen LogP contribution in [0.15, 0.2) is 27.6 Å². The number of anilines is 1. The molecule has 0 aromatic heterocycles. The third-order valence-electron chi connectivity index (χ3n) is 1.48. The van der Waals surface area contributed by atoms with Crippen molar-refractivity contribution in [1.29, 1.82) is 0 Å². The van der Waals surface area contributed by atoms with Gasteiger partial charge in [-0.2, -0.15) is 0 Å². The van der Waals surface area contributed by atoms with E-state index in [0.717, 1.165) is 4.47 Å². The van der Waals surface area contributed by atoms with Crippen molar-refractivity contribution < 1.29 is 4.21 Å². The molecule has 0 saturated heterocycles. The second kappa shape index (κ2) is 4.21. The Kier molecular flexibility index (Phi) is 3.47. The average Bonchev–Trinajstić information content (AvgIpc) is 2.08. The normalized spacial score (nSPS) is 13.2. The van der Waals surface area contributed by atoms with Crippen LogP contribution in [-0.2, 0) is 11.0 Å². The van der Waals surface area contributed by atoms with Crippen molar-refractivity contribution >= 4 is 32.6 Å². The van der Waals surface area contributed by atoms with Crippen LogP contribution in [0.25, 0.3) is 0 Å². The molecule has 0 aliphatic rings. The molecule has 0 amide bonds. The molecule has 13 heavy (non-hydrogen) atoms. The third kappa shape index (κ3) is 2.52. The monoisotopic (exact) mass is 262 g/mol. The summed E-state index contributed by atoms with van der Waals surface area (Å²) in [6, 6.07) is 5.27. The zero-order valence-corrected chi connectivity index (χ0v) is 9.85. The highest BCUT2D eigenvalue weighted by molar-refractivity contribution is 9.10. The summed E-state index contributed by atoms with van der Waals surface area (Å²) < 4.78 is 14.1. The van der Waals surface area contributed by atoms with Crippen molar-refractivity contribution in [3.05, 3.63) is 22.7 Å². The van der Waals surface area contributed by atoms with Gasteiger partial charge in [-0.3, -0.25) is 0 Å². The lowest BCUT2D eigenvalue weighted by molar-refractivity contribution is 0.602. The Labute approximate surface area is 88.6 Å². The number of hydrogen-bond acceptors (Lipinski definition) is 2. The topological polar surface area (TPSA) is 46.3 Å². The molecule has 1 aromatic carbocycles. The summed E-state index contributed by atoms with van der Waals surface area (Å²) in [6.45, 7) is 0. The SMILES string of the molecule is CN(C)S(=O)c1cc(N)ccc1Br. The van der Waals surface area contributed by atoms with E-state index in [-0.39, 0.29) is 0 Å². The minimum atomic E-state index is -1.15. The van der Waals surface area contributed by atoms with Crippen molar-refractivity contribution in [2.45, 2.75) is 4.90 Å². The van der Waals surface area contributed by atoms with Gasteiger partial charge in [0.2, 0.25) is 0 Å². The lowest BCUT2D eigenvalue weighted by Gasteiger charge is -2.10. The molecule has 0 radical (unpaired) electrons. The molecule has 5 heteroatoms. The van der Waals surface area contributed by atoms with Gasteiger partial charge in [-0.1, -0.05) is 0 Å². The van der Waals surface area contributed by atoms with Gasteiger partial charge in [-0.05, 0) is 48.2 Å². The summed E-state index contributed by atoms with van der Waals surface area (Å²) in [5.41, 5.74) is 6.21. The summed E-state index contributed by atoms with van der Waals surface area (Å²) in [7, 11) is 2.36. The molecule has 0 spiro atoms. The van der Waals surface area contributed by atoms with Gasteiger partial charge in [-0.15, -0.1) is 0 Å². The summed E-state index contributed by atoms with van der Waals surface area (Å²) in [5, 5.41) is 0. The van der Waals surface area contributed by atoms with Gasteiger partial charge in [-0.25, -0.2) is 8.51 Å². The molecule has 0 aliphatic carbocycles. The Balaban J connectivity index is 3.13. The molecular formula is C8H11BrN2OS. The first kappa shape index (κ1) is 10.7. The first-order valence-electron chi connectivity index (χ1n) is 3.66. The standard InChI is InChI=1S/C8H11BrN2OS/c1-11(2)13(12)8-5-6(10)3-4-7(8)9/h3-5H,10H2,1-2H3. The van der Waals surface area contributed by atoms with Crippen LogP contribution in [0.3, 0.4) is 0 Å². The highest BCUT2D eigenvalue weighted by Gasteiger charge is 2.10. The van der Waals surface area contributed by atoms with E-state index in [1.807, 2.05) is 0 Å². The van der Waals surface area contributed by atoms with Crippen LogP contribution in [0, 0.1) is 0 Å². The Bertz CT molecular complexity index is 341. The minimum absolute atomic E-state index is 0.619. The first-order chi connectivity index (χ1) is 6.02. The Morgan fingerprint density at radius 3 is 2.62 bits per heavy atom. The summed E-state index contributed by atoms with van der Waals surface area (Å²) in [6.07, 6.45) is 0. The zero-order valence-electron chi connectivity index (χ0n) is 7.45. The van der Waals surface area contributed by atoms with Gasteiger partial charge < -0.3 is 5.73 Å². The first-order valence-corrected chi connectivity index (χ1v) is 5.56. The van der Waals surface area contributed by atoms with Gasteiger partial charge in [0.05, 0.1) is 4.90 Å². The predicted octanol–water partition coefficient (Wildman–Crippen LogP) is 1.62. The van der Waals surface area contributed by atoms with E-state index in [1.165, 1.54) is 0 Å². The van der Waals surface area contributed by atoms with Crippen molar-refractivity contribution in [3.63, 3.8) is 0 Å². The summed E-state index contributed by atoms with van der Waals surface area (Å²) in [4.78, 5) is 0.699. The fourth-order valence-corrected chi connectivity index (χ4v) is 2.38. The summed E-state index contributed by atoms with van der Waals surface area (Å²) in [5.74, 6) is 0. The van der Waals surface area contributed by atoms with E-state index >= 15 is 0 Å². The maximum Gasteiger partial charge on any atom is 0.128 e. The smallest absolute Gasteiger partial charge is 0.128 e. The van der Waals surface area contributed by atoms with Crippen LogP contribution in [0.1, 0.15) is 0 Å². The third-order valence-corrected chi connectivity index (χ3v) is 3.81. The van der Waals surface area contributed by atoms with E-state index in [2.05, 4.69) is 15.9 Å². The van der Waals surface area contributed by atoms with Crippen molar-refractivity contribution in [3.8, 4) is 0 Å². The maximum atomic E-state index is 11.7. The Morgan fingerprint density at radius 1 is 1.46 bits per heavy atom. The van der Waals surface area contributed by atoms with E-state index in [1.54, 1.807) is 36.6 Å². The van der Waals surface area contributed by atoms with Crippen molar-refractivity contribution in [2.75, 3.05) is 19.8 Å². The summed E-state index contributed by atoms with van der Waals surface area (Å²) >= 11 is 3.32. The molecule has 1 rings (SSSR count). The van der Waals surface area contributed by atoms with Gasteiger partial charge in [0.1, 0.15) is 11.0 Å². The molecule has 72 valence electrons. The van der Waals surface area contributed by atoms with E-state index in [9.17, 15) is 4.21 Å². The number of nitrogen functional groups attached to an aromatic ring is 1. The predicted molar refractivity (Wildman–Crippen MR) is 58.6 cm³/mol. The highest BCUT2D eigenvalue weighted by atomic mass is 79.9. The molecule has 0 aliphatic heterocycles. The van der Waals surface area contributed by atoms with Crippen LogP contribution < -0.4 is 5.73 Å². The van der Waals surface area contributed by atoms with Crippen LogP contribution >= 0.6 is 15.9 Å². The van der Waals surface area contributed by atoms with E-state index in [0.29, 0.717) is 10.6 Å². The Morgan fingerprint density at radius 2 is 2.08 bits per heavy atom. The number of hydrogen-bond donors (Lipinski definition) is 1. The fourth-order valence-electron chi connectivity index (χ4n) is 0.850. The number of benzene rings is 1. The number of halogens is 1. The molecule has 1 atom stereocenters. The quantitative estimate of drug-likeness (QED) is 0.824. The molecule has 1 aromatic rings.